The van der Waals surface area contributed by atoms with Gasteiger partial charge in [0.05, 0.1) is 0 Å². The molecule has 0 aliphatic rings. The molecular formula is C15H18F3N5O3. The van der Waals surface area contributed by atoms with Gasteiger partial charge >= 0.3 is 12.1 Å². The van der Waals surface area contributed by atoms with Crippen molar-refractivity contribution in [3.05, 3.63) is 30.2 Å². The van der Waals surface area contributed by atoms with Gasteiger partial charge in [0.1, 0.15) is 11.2 Å². The van der Waals surface area contributed by atoms with Crippen molar-refractivity contribution in [3.63, 3.8) is 0 Å². The van der Waals surface area contributed by atoms with Crippen molar-refractivity contribution in [2.24, 2.45) is 0 Å². The van der Waals surface area contributed by atoms with Gasteiger partial charge in [-0.15, -0.1) is 0 Å². The molecule has 0 aromatic carbocycles. The summed E-state index contributed by atoms with van der Waals surface area (Å²) in [6, 6.07) is 3.41. The van der Waals surface area contributed by atoms with Crippen LogP contribution in [-0.4, -0.2) is 57.7 Å². The van der Waals surface area contributed by atoms with Crippen molar-refractivity contribution < 1.29 is 27.9 Å². The third-order valence-electron chi connectivity index (χ3n) is 2.82. The molecule has 2 rings (SSSR count). The van der Waals surface area contributed by atoms with Crippen molar-refractivity contribution in [2.45, 2.75) is 19.5 Å². The first-order valence-electron chi connectivity index (χ1n) is 7.62. The summed E-state index contributed by atoms with van der Waals surface area (Å²) in [6.45, 7) is 4.40. The molecule has 0 fully saturated rings. The number of amides is 1. The normalized spacial score (nSPS) is 10.8. The van der Waals surface area contributed by atoms with Gasteiger partial charge in [0, 0.05) is 25.5 Å². The Morgan fingerprint density at radius 3 is 2.38 bits per heavy atom. The molecule has 0 atom stereocenters. The lowest BCUT2D eigenvalue weighted by Gasteiger charge is -2.06. The summed E-state index contributed by atoms with van der Waals surface area (Å²) >= 11 is 0. The molecule has 0 saturated heterocycles. The fourth-order valence-corrected chi connectivity index (χ4v) is 1.64. The van der Waals surface area contributed by atoms with Gasteiger partial charge < -0.3 is 15.7 Å². The molecule has 0 aliphatic heterocycles. The number of carbonyl (C=O) groups excluding carboxylic acids is 1. The van der Waals surface area contributed by atoms with Gasteiger partial charge in [0.15, 0.2) is 5.65 Å². The average molecular weight is 373 g/mol. The number of aliphatic carboxylic acids is 1. The molecule has 1 amide bonds. The lowest BCUT2D eigenvalue weighted by molar-refractivity contribution is -0.192. The Labute approximate surface area is 146 Å². The van der Waals surface area contributed by atoms with Gasteiger partial charge in [-0.05, 0) is 25.1 Å². The fourth-order valence-electron chi connectivity index (χ4n) is 1.64. The number of hydrogen-bond acceptors (Lipinski definition) is 6. The maximum Gasteiger partial charge on any atom is 0.490 e. The number of carboxylic acids is 1. The molecule has 0 bridgehead atoms. The van der Waals surface area contributed by atoms with Crippen LogP contribution < -0.4 is 10.6 Å². The molecule has 0 spiro atoms. The standard InChI is InChI=1S/C13H17N5O.C2HF3O2/c1-2-5-14-6-7-17-13(19)11-4-3-10-12(18-11)16-9-8-15-10;3-2(4,5)1(6)7/h3-4,8-9,14H,2,5-7H2,1H3,(H,17,19);(H,6,7). The number of halogens is 3. The highest BCUT2D eigenvalue weighted by molar-refractivity contribution is 5.93. The van der Waals surface area contributed by atoms with Gasteiger partial charge in [0.2, 0.25) is 0 Å². The zero-order valence-electron chi connectivity index (χ0n) is 13.9. The summed E-state index contributed by atoms with van der Waals surface area (Å²) < 4.78 is 31.7. The van der Waals surface area contributed by atoms with Crippen LogP contribution in [0.4, 0.5) is 13.2 Å². The van der Waals surface area contributed by atoms with Crippen molar-refractivity contribution in [1.82, 2.24) is 25.6 Å². The number of carbonyl (C=O) groups is 2. The van der Waals surface area contributed by atoms with Crippen LogP contribution in [0, 0.1) is 0 Å². The van der Waals surface area contributed by atoms with Gasteiger partial charge in [-0.2, -0.15) is 13.2 Å². The van der Waals surface area contributed by atoms with E-state index >= 15 is 0 Å². The fraction of sp³-hybridized carbons (Fsp3) is 0.400. The third kappa shape index (κ3) is 7.38. The Kier molecular flexibility index (Phi) is 8.35. The van der Waals surface area contributed by atoms with Crippen LogP contribution in [0.1, 0.15) is 23.8 Å². The number of hydrogen-bond donors (Lipinski definition) is 3. The van der Waals surface area contributed by atoms with E-state index in [4.69, 9.17) is 9.90 Å². The minimum absolute atomic E-state index is 0.189. The Hall–Kier alpha value is -2.82. The monoisotopic (exact) mass is 373 g/mol. The Bertz CT molecular complexity index is 740. The minimum atomic E-state index is -5.08. The summed E-state index contributed by atoms with van der Waals surface area (Å²) in [5, 5.41) is 13.1. The maximum absolute atomic E-state index is 11.9. The van der Waals surface area contributed by atoms with Crippen LogP contribution in [0.5, 0.6) is 0 Å². The summed E-state index contributed by atoms with van der Waals surface area (Å²) in [5.41, 5.74) is 1.53. The largest absolute Gasteiger partial charge is 0.490 e. The molecule has 0 saturated carbocycles. The van der Waals surface area contributed by atoms with E-state index in [0.29, 0.717) is 23.4 Å². The van der Waals surface area contributed by atoms with E-state index in [9.17, 15) is 18.0 Å². The molecule has 3 N–H and O–H groups in total. The molecule has 142 valence electrons. The highest BCUT2D eigenvalue weighted by Crippen LogP contribution is 2.13. The number of fused-ring (bicyclic) bond motifs is 1. The maximum atomic E-state index is 11.9. The summed E-state index contributed by atoms with van der Waals surface area (Å²) in [4.78, 5) is 33.1. The van der Waals surface area contributed by atoms with Crippen LogP contribution in [0.3, 0.4) is 0 Å². The predicted octanol–water partition coefficient (Wildman–Crippen LogP) is 1.39. The lowest BCUT2D eigenvalue weighted by atomic mass is 10.3. The molecule has 2 heterocycles. The molecule has 2 aromatic heterocycles. The van der Waals surface area contributed by atoms with E-state index in [1.165, 1.54) is 0 Å². The SMILES string of the molecule is CCCNCCNC(=O)c1ccc2nccnc2n1.O=C(O)C(F)(F)F. The number of alkyl halides is 3. The average Bonchev–Trinajstić information content (AvgIpc) is 2.60. The first kappa shape index (κ1) is 21.2. The van der Waals surface area contributed by atoms with Crippen LogP contribution >= 0.6 is 0 Å². The minimum Gasteiger partial charge on any atom is -0.475 e. The number of pyridine rings is 1. The predicted molar refractivity (Wildman–Crippen MR) is 86.5 cm³/mol. The lowest BCUT2D eigenvalue weighted by Crippen LogP contribution is -2.32. The van der Waals surface area contributed by atoms with E-state index in [-0.39, 0.29) is 5.91 Å². The second-order valence-corrected chi connectivity index (χ2v) is 4.90. The molecule has 2 aromatic rings. The van der Waals surface area contributed by atoms with Crippen LogP contribution in [-0.2, 0) is 4.79 Å². The third-order valence-corrected chi connectivity index (χ3v) is 2.82. The zero-order valence-corrected chi connectivity index (χ0v) is 13.9. The van der Waals surface area contributed by atoms with E-state index < -0.39 is 12.1 Å². The van der Waals surface area contributed by atoms with Crippen LogP contribution in [0.15, 0.2) is 24.5 Å². The van der Waals surface area contributed by atoms with E-state index in [0.717, 1.165) is 19.5 Å². The van der Waals surface area contributed by atoms with Crippen molar-refractivity contribution in [3.8, 4) is 0 Å². The van der Waals surface area contributed by atoms with Gasteiger partial charge in [-0.25, -0.2) is 14.8 Å². The highest BCUT2D eigenvalue weighted by atomic mass is 19.4. The molecule has 0 radical (unpaired) electrons. The molecule has 0 aliphatic carbocycles. The molecule has 8 nitrogen and oxygen atoms in total. The van der Waals surface area contributed by atoms with Crippen LogP contribution in [0.2, 0.25) is 0 Å². The van der Waals surface area contributed by atoms with E-state index in [2.05, 4.69) is 32.5 Å². The quantitative estimate of drug-likeness (QED) is 0.655. The highest BCUT2D eigenvalue weighted by Gasteiger charge is 2.38. The molecule has 11 heteroatoms. The first-order valence-corrected chi connectivity index (χ1v) is 7.62. The van der Waals surface area contributed by atoms with Crippen LogP contribution in [0.25, 0.3) is 11.2 Å². The van der Waals surface area contributed by atoms with Crippen molar-refractivity contribution in [2.75, 3.05) is 19.6 Å². The summed E-state index contributed by atoms with van der Waals surface area (Å²) in [7, 11) is 0. The van der Waals surface area contributed by atoms with Gasteiger partial charge in [-0.1, -0.05) is 6.92 Å². The Morgan fingerprint density at radius 1 is 1.12 bits per heavy atom. The number of carboxylic acid groups (broad SMARTS) is 1. The second-order valence-electron chi connectivity index (χ2n) is 4.90. The Balaban J connectivity index is 0.000000412. The van der Waals surface area contributed by atoms with Crippen molar-refractivity contribution in [1.29, 1.82) is 0 Å². The summed E-state index contributed by atoms with van der Waals surface area (Å²) in [5.74, 6) is -2.95. The number of aromatic nitrogens is 3. The topological polar surface area (TPSA) is 117 Å². The van der Waals surface area contributed by atoms with Gasteiger partial charge in [0.25, 0.3) is 5.91 Å². The first-order chi connectivity index (χ1) is 12.3. The van der Waals surface area contributed by atoms with E-state index in [1.807, 2.05) is 0 Å². The molecule has 26 heavy (non-hydrogen) atoms. The smallest absolute Gasteiger partial charge is 0.475 e. The van der Waals surface area contributed by atoms with Gasteiger partial charge in [-0.3, -0.25) is 9.78 Å². The molecule has 0 unspecified atom stereocenters. The van der Waals surface area contributed by atoms with E-state index in [1.54, 1.807) is 24.5 Å². The number of nitrogens with zero attached hydrogens (tertiary/aromatic N) is 3. The molecular weight excluding hydrogens is 355 g/mol. The summed E-state index contributed by atoms with van der Waals surface area (Å²) in [6.07, 6.45) is -0.840. The Morgan fingerprint density at radius 2 is 1.77 bits per heavy atom. The number of nitrogens with one attached hydrogen (secondary N) is 2. The second kappa shape index (κ2) is 10.2. The zero-order chi connectivity index (χ0) is 19.6. The number of rotatable bonds is 6. The van der Waals surface area contributed by atoms with Crippen molar-refractivity contribution >= 4 is 23.0 Å².